The first-order valence-corrected chi connectivity index (χ1v) is 5.52. The normalized spacial score (nSPS) is 15.1. The zero-order chi connectivity index (χ0) is 10.8. The Hall–Kier alpha value is -1.38. The fraction of sp³-hybridized carbons (Fsp3) is 0.500. The highest BCUT2D eigenvalue weighted by molar-refractivity contribution is 5.62. The Balaban J connectivity index is 2.38. The Bertz CT molecular complexity index is 363. The molecule has 0 aromatic heterocycles. The summed E-state index contributed by atoms with van der Waals surface area (Å²) < 4.78 is 0. The van der Waals surface area contributed by atoms with Crippen LogP contribution in [0.25, 0.3) is 0 Å². The molecule has 2 N–H and O–H groups in total. The van der Waals surface area contributed by atoms with Gasteiger partial charge in [-0.05, 0) is 30.9 Å². The molecule has 0 atom stereocenters. The second-order valence-electron chi connectivity index (χ2n) is 4.06. The molecule has 0 amide bonds. The van der Waals surface area contributed by atoms with Crippen molar-refractivity contribution >= 4 is 5.69 Å². The van der Waals surface area contributed by atoms with E-state index in [4.69, 9.17) is 0 Å². The third-order valence-corrected chi connectivity index (χ3v) is 2.88. The fourth-order valence-electron chi connectivity index (χ4n) is 2.19. The molecule has 0 bridgehead atoms. The predicted octanol–water partition coefficient (Wildman–Crippen LogP) is 2.26. The molecule has 15 heavy (non-hydrogen) atoms. The van der Waals surface area contributed by atoms with Crippen LogP contribution in [0.15, 0.2) is 12.1 Å². The van der Waals surface area contributed by atoms with Gasteiger partial charge in [0.05, 0.1) is 0 Å². The standard InChI is InChI=1S/C12H17NO2/c1-2-5-13-6-3-4-9-7-11(14)12(15)8-10(9)13/h7-8,14-15H,2-6H2,1H3. The van der Waals surface area contributed by atoms with Crippen LogP contribution in [-0.4, -0.2) is 23.3 Å². The summed E-state index contributed by atoms with van der Waals surface area (Å²) in [4.78, 5) is 2.28. The van der Waals surface area contributed by atoms with Crippen molar-refractivity contribution in [3.8, 4) is 11.5 Å². The summed E-state index contributed by atoms with van der Waals surface area (Å²) in [5.41, 5.74) is 2.23. The molecule has 1 aromatic carbocycles. The topological polar surface area (TPSA) is 43.7 Å². The molecule has 82 valence electrons. The molecule has 0 saturated carbocycles. The SMILES string of the molecule is CCCN1CCCc2cc(O)c(O)cc21. The Kier molecular flexibility index (Phi) is 2.71. The van der Waals surface area contributed by atoms with Gasteiger partial charge in [-0.2, -0.15) is 0 Å². The molecule has 0 spiro atoms. The third-order valence-electron chi connectivity index (χ3n) is 2.88. The quantitative estimate of drug-likeness (QED) is 0.731. The van der Waals surface area contributed by atoms with Gasteiger partial charge < -0.3 is 15.1 Å². The molecule has 0 radical (unpaired) electrons. The van der Waals surface area contributed by atoms with Crippen molar-refractivity contribution in [3.63, 3.8) is 0 Å². The predicted molar refractivity (Wildman–Crippen MR) is 60.6 cm³/mol. The van der Waals surface area contributed by atoms with E-state index in [0.29, 0.717) is 0 Å². The van der Waals surface area contributed by atoms with Crippen molar-refractivity contribution < 1.29 is 10.2 Å². The number of phenolic OH excluding ortho intramolecular Hbond substituents is 2. The van der Waals surface area contributed by atoms with E-state index in [1.807, 2.05) is 0 Å². The maximum absolute atomic E-state index is 9.48. The maximum atomic E-state index is 9.48. The number of hydrogen-bond donors (Lipinski definition) is 2. The molecule has 0 saturated heterocycles. The zero-order valence-corrected chi connectivity index (χ0v) is 9.03. The summed E-state index contributed by atoms with van der Waals surface area (Å²) in [7, 11) is 0. The van der Waals surface area contributed by atoms with Crippen LogP contribution < -0.4 is 4.90 Å². The van der Waals surface area contributed by atoms with Gasteiger partial charge in [-0.1, -0.05) is 6.92 Å². The third kappa shape index (κ3) is 1.87. The number of hydrogen-bond acceptors (Lipinski definition) is 3. The highest BCUT2D eigenvalue weighted by atomic mass is 16.3. The van der Waals surface area contributed by atoms with Crippen molar-refractivity contribution in [1.82, 2.24) is 0 Å². The van der Waals surface area contributed by atoms with Crippen LogP contribution in [0.1, 0.15) is 25.3 Å². The van der Waals surface area contributed by atoms with Gasteiger partial charge in [0.2, 0.25) is 0 Å². The Labute approximate surface area is 90.0 Å². The Morgan fingerprint density at radius 2 is 2.00 bits per heavy atom. The van der Waals surface area contributed by atoms with E-state index in [0.717, 1.165) is 43.6 Å². The number of fused-ring (bicyclic) bond motifs is 1. The van der Waals surface area contributed by atoms with Gasteiger partial charge in [0.1, 0.15) is 0 Å². The molecular formula is C12H17NO2. The Morgan fingerprint density at radius 3 is 2.73 bits per heavy atom. The number of rotatable bonds is 2. The first kappa shape index (κ1) is 10.1. The van der Waals surface area contributed by atoms with E-state index < -0.39 is 0 Å². The summed E-state index contributed by atoms with van der Waals surface area (Å²) in [6.07, 6.45) is 3.21. The molecule has 3 heteroatoms. The van der Waals surface area contributed by atoms with Crippen molar-refractivity contribution in [2.45, 2.75) is 26.2 Å². The summed E-state index contributed by atoms with van der Waals surface area (Å²) in [5, 5.41) is 18.9. The molecule has 0 aliphatic carbocycles. The van der Waals surface area contributed by atoms with Gasteiger partial charge in [-0.3, -0.25) is 0 Å². The maximum Gasteiger partial charge on any atom is 0.159 e. The van der Waals surface area contributed by atoms with E-state index in [1.54, 1.807) is 12.1 Å². The first-order chi connectivity index (χ1) is 7.22. The van der Waals surface area contributed by atoms with Crippen molar-refractivity contribution in [2.75, 3.05) is 18.0 Å². The van der Waals surface area contributed by atoms with Gasteiger partial charge in [0, 0.05) is 24.8 Å². The number of phenols is 2. The van der Waals surface area contributed by atoms with E-state index in [2.05, 4.69) is 11.8 Å². The van der Waals surface area contributed by atoms with Gasteiger partial charge in [0.15, 0.2) is 11.5 Å². The minimum Gasteiger partial charge on any atom is -0.504 e. The summed E-state index contributed by atoms with van der Waals surface area (Å²) >= 11 is 0. The number of aromatic hydroxyl groups is 2. The lowest BCUT2D eigenvalue weighted by Gasteiger charge is -2.31. The van der Waals surface area contributed by atoms with Gasteiger partial charge in [-0.25, -0.2) is 0 Å². The average molecular weight is 207 g/mol. The van der Waals surface area contributed by atoms with Crippen LogP contribution in [0, 0.1) is 0 Å². The van der Waals surface area contributed by atoms with Crippen molar-refractivity contribution in [2.24, 2.45) is 0 Å². The van der Waals surface area contributed by atoms with Gasteiger partial charge in [-0.15, -0.1) is 0 Å². The number of nitrogens with zero attached hydrogens (tertiary/aromatic N) is 1. The molecule has 1 aromatic rings. The van der Waals surface area contributed by atoms with Crippen LogP contribution in [-0.2, 0) is 6.42 Å². The van der Waals surface area contributed by atoms with Crippen LogP contribution in [0.3, 0.4) is 0 Å². The van der Waals surface area contributed by atoms with Crippen LogP contribution >= 0.6 is 0 Å². The second kappa shape index (κ2) is 4.01. The van der Waals surface area contributed by atoms with E-state index in [-0.39, 0.29) is 11.5 Å². The molecule has 1 aliphatic heterocycles. The average Bonchev–Trinajstić information content (AvgIpc) is 2.21. The molecule has 2 rings (SSSR count). The van der Waals surface area contributed by atoms with Crippen molar-refractivity contribution in [3.05, 3.63) is 17.7 Å². The fourth-order valence-corrected chi connectivity index (χ4v) is 2.19. The number of aryl methyl sites for hydroxylation is 1. The summed E-state index contributed by atoms with van der Waals surface area (Å²) in [5.74, 6) is -0.0242. The zero-order valence-electron chi connectivity index (χ0n) is 9.03. The van der Waals surface area contributed by atoms with Crippen LogP contribution in [0.4, 0.5) is 5.69 Å². The molecule has 1 heterocycles. The molecular weight excluding hydrogens is 190 g/mol. The highest BCUT2D eigenvalue weighted by Crippen LogP contribution is 2.36. The lowest BCUT2D eigenvalue weighted by Crippen LogP contribution is -2.29. The van der Waals surface area contributed by atoms with E-state index in [9.17, 15) is 10.2 Å². The van der Waals surface area contributed by atoms with E-state index >= 15 is 0 Å². The van der Waals surface area contributed by atoms with Crippen LogP contribution in [0.5, 0.6) is 11.5 Å². The largest absolute Gasteiger partial charge is 0.504 e. The summed E-state index contributed by atoms with van der Waals surface area (Å²) in [6.45, 7) is 4.21. The molecule has 3 nitrogen and oxygen atoms in total. The minimum atomic E-state index is -0.0169. The molecule has 0 fully saturated rings. The smallest absolute Gasteiger partial charge is 0.159 e. The lowest BCUT2D eigenvalue weighted by atomic mass is 10.0. The van der Waals surface area contributed by atoms with Gasteiger partial charge in [0.25, 0.3) is 0 Å². The second-order valence-corrected chi connectivity index (χ2v) is 4.06. The van der Waals surface area contributed by atoms with Crippen molar-refractivity contribution in [1.29, 1.82) is 0 Å². The number of benzene rings is 1. The molecule has 0 unspecified atom stereocenters. The van der Waals surface area contributed by atoms with E-state index in [1.165, 1.54) is 0 Å². The highest BCUT2D eigenvalue weighted by Gasteiger charge is 2.18. The number of anilines is 1. The van der Waals surface area contributed by atoms with Crippen LogP contribution in [0.2, 0.25) is 0 Å². The Morgan fingerprint density at radius 1 is 1.27 bits per heavy atom. The monoisotopic (exact) mass is 207 g/mol. The molecule has 1 aliphatic rings. The lowest BCUT2D eigenvalue weighted by molar-refractivity contribution is 0.402. The summed E-state index contributed by atoms with van der Waals surface area (Å²) in [6, 6.07) is 3.37. The minimum absolute atomic E-state index is 0.00732. The van der Waals surface area contributed by atoms with Gasteiger partial charge >= 0.3 is 0 Å². The first-order valence-electron chi connectivity index (χ1n) is 5.52.